The van der Waals surface area contributed by atoms with Gasteiger partial charge in [-0.25, -0.2) is 9.97 Å². The molecule has 2 aliphatic heterocycles. The molecule has 4 rings (SSSR count). The second kappa shape index (κ2) is 9.53. The Kier molecular flexibility index (Phi) is 6.59. The van der Waals surface area contributed by atoms with Gasteiger partial charge in [-0.2, -0.15) is 0 Å². The largest absolute Gasteiger partial charge is 0.492 e. The van der Waals surface area contributed by atoms with E-state index in [1.807, 2.05) is 32.0 Å². The number of benzene rings is 1. The first-order chi connectivity index (χ1) is 14.6. The zero-order chi connectivity index (χ0) is 20.9. The Balaban J connectivity index is 1.57. The molecule has 0 bridgehead atoms. The number of nitrogens with one attached hydrogen (secondary N) is 1. The van der Waals surface area contributed by atoms with Crippen molar-refractivity contribution in [1.82, 2.24) is 14.9 Å². The molecule has 2 saturated heterocycles. The lowest BCUT2D eigenvalue weighted by Crippen LogP contribution is -2.25. The van der Waals surface area contributed by atoms with Crippen LogP contribution in [0, 0.1) is 19.8 Å². The Hall–Kier alpha value is -2.51. The van der Waals surface area contributed by atoms with Gasteiger partial charge in [0.2, 0.25) is 5.91 Å². The third-order valence-electron chi connectivity index (χ3n) is 5.91. The summed E-state index contributed by atoms with van der Waals surface area (Å²) in [6.45, 7) is 8.92. The van der Waals surface area contributed by atoms with Crippen LogP contribution >= 0.6 is 0 Å². The fraction of sp³-hybridized carbons (Fsp3) is 0.522. The smallest absolute Gasteiger partial charge is 0.229 e. The molecular weight excluding hydrogens is 380 g/mol. The molecule has 160 valence electrons. The molecule has 2 aromatic rings. The minimum atomic E-state index is -0.0895. The molecular formula is C23H30N4O3. The average Bonchev–Trinajstić information content (AvgIpc) is 3.43. The van der Waals surface area contributed by atoms with Crippen molar-refractivity contribution >= 4 is 11.6 Å². The normalized spacial score (nSPS) is 19.2. The SMILES string of the molecule is Cc1ncnc(C)c1-c1cc(NC(=O)C2CCOC2)ccc1OCCN1CCCC1. The van der Waals surface area contributed by atoms with E-state index in [4.69, 9.17) is 9.47 Å². The quantitative estimate of drug-likeness (QED) is 0.755. The van der Waals surface area contributed by atoms with Gasteiger partial charge < -0.3 is 14.8 Å². The molecule has 0 aliphatic carbocycles. The van der Waals surface area contributed by atoms with Gasteiger partial charge in [0, 0.05) is 41.4 Å². The third-order valence-corrected chi connectivity index (χ3v) is 5.91. The Labute approximate surface area is 177 Å². The number of anilines is 1. The predicted octanol–water partition coefficient (Wildman–Crippen LogP) is 3.21. The molecule has 2 aliphatic rings. The Bertz CT molecular complexity index is 870. The summed E-state index contributed by atoms with van der Waals surface area (Å²) in [7, 11) is 0. The second-order valence-electron chi connectivity index (χ2n) is 8.08. The molecule has 1 N–H and O–H groups in total. The third kappa shape index (κ3) is 4.79. The second-order valence-corrected chi connectivity index (χ2v) is 8.08. The lowest BCUT2D eigenvalue weighted by atomic mass is 10.0. The first-order valence-electron chi connectivity index (χ1n) is 10.8. The van der Waals surface area contributed by atoms with Gasteiger partial charge in [-0.1, -0.05) is 0 Å². The van der Waals surface area contributed by atoms with Crippen LogP contribution in [0.1, 0.15) is 30.7 Å². The maximum atomic E-state index is 12.5. The molecule has 0 spiro atoms. The number of likely N-dealkylation sites (tertiary alicyclic amines) is 1. The summed E-state index contributed by atoms with van der Waals surface area (Å²) in [6.07, 6.45) is 4.88. The number of hydrogen-bond donors (Lipinski definition) is 1. The van der Waals surface area contributed by atoms with E-state index in [1.165, 1.54) is 12.8 Å². The van der Waals surface area contributed by atoms with Crippen molar-refractivity contribution in [2.45, 2.75) is 33.1 Å². The van der Waals surface area contributed by atoms with E-state index < -0.39 is 0 Å². The number of ether oxygens (including phenoxy) is 2. The van der Waals surface area contributed by atoms with Crippen LogP contribution in [-0.4, -0.2) is 60.2 Å². The van der Waals surface area contributed by atoms with Crippen molar-refractivity contribution in [3.8, 4) is 16.9 Å². The highest BCUT2D eigenvalue weighted by Gasteiger charge is 2.24. The molecule has 0 saturated carbocycles. The fourth-order valence-electron chi connectivity index (χ4n) is 4.19. The average molecular weight is 411 g/mol. The van der Waals surface area contributed by atoms with E-state index >= 15 is 0 Å². The van der Waals surface area contributed by atoms with Gasteiger partial charge in [0.1, 0.15) is 18.7 Å². The molecule has 1 atom stereocenters. The number of rotatable bonds is 7. The predicted molar refractivity (Wildman–Crippen MR) is 116 cm³/mol. The number of aromatic nitrogens is 2. The molecule has 1 unspecified atom stereocenters. The summed E-state index contributed by atoms with van der Waals surface area (Å²) in [5.74, 6) is 0.699. The maximum absolute atomic E-state index is 12.5. The maximum Gasteiger partial charge on any atom is 0.229 e. The van der Waals surface area contributed by atoms with Crippen LogP contribution in [0.3, 0.4) is 0 Å². The summed E-state index contributed by atoms with van der Waals surface area (Å²) < 4.78 is 11.5. The first-order valence-corrected chi connectivity index (χ1v) is 10.8. The summed E-state index contributed by atoms with van der Waals surface area (Å²) >= 11 is 0. The Morgan fingerprint density at radius 2 is 2.00 bits per heavy atom. The zero-order valence-corrected chi connectivity index (χ0v) is 17.8. The number of hydrogen-bond acceptors (Lipinski definition) is 6. The molecule has 1 aromatic carbocycles. The van der Waals surface area contributed by atoms with Crippen LogP contribution in [0.25, 0.3) is 11.1 Å². The van der Waals surface area contributed by atoms with E-state index in [-0.39, 0.29) is 11.8 Å². The van der Waals surface area contributed by atoms with E-state index in [9.17, 15) is 4.79 Å². The van der Waals surface area contributed by atoms with Gasteiger partial charge in [0.25, 0.3) is 0 Å². The lowest BCUT2D eigenvalue weighted by molar-refractivity contribution is -0.119. The van der Waals surface area contributed by atoms with Gasteiger partial charge in [0.05, 0.1) is 12.5 Å². The van der Waals surface area contributed by atoms with Crippen LogP contribution in [0.15, 0.2) is 24.5 Å². The van der Waals surface area contributed by atoms with Crippen LogP contribution in [-0.2, 0) is 9.53 Å². The monoisotopic (exact) mass is 410 g/mol. The first kappa shape index (κ1) is 20.8. The minimum absolute atomic E-state index is 0.00101. The van der Waals surface area contributed by atoms with Crippen LogP contribution in [0.5, 0.6) is 5.75 Å². The van der Waals surface area contributed by atoms with Gasteiger partial charge in [0.15, 0.2) is 0 Å². The highest BCUT2D eigenvalue weighted by molar-refractivity contribution is 5.94. The topological polar surface area (TPSA) is 76.6 Å². The van der Waals surface area contributed by atoms with Crippen LogP contribution < -0.4 is 10.1 Å². The summed E-state index contributed by atoms with van der Waals surface area (Å²) in [4.78, 5) is 23.7. The molecule has 1 amide bonds. The number of amides is 1. The van der Waals surface area contributed by atoms with Crippen molar-refractivity contribution in [2.24, 2.45) is 5.92 Å². The standard InChI is InChI=1S/C23H30N4O3/c1-16-22(17(2)25-15-24-16)20-13-19(26-23(28)18-7-11-29-14-18)5-6-21(20)30-12-10-27-8-3-4-9-27/h5-6,13,15,18H,3-4,7-12,14H2,1-2H3,(H,26,28). The van der Waals surface area contributed by atoms with Crippen LogP contribution in [0.4, 0.5) is 5.69 Å². The number of carbonyl (C=O) groups excluding carboxylic acids is 1. The summed E-state index contributed by atoms with van der Waals surface area (Å²) in [6, 6.07) is 5.81. The molecule has 2 fully saturated rings. The fourth-order valence-corrected chi connectivity index (χ4v) is 4.19. The van der Waals surface area contributed by atoms with Gasteiger partial charge in [-0.15, -0.1) is 0 Å². The van der Waals surface area contributed by atoms with Gasteiger partial charge in [-0.3, -0.25) is 9.69 Å². The summed E-state index contributed by atoms with van der Waals surface area (Å²) in [5.41, 5.74) is 4.39. The Morgan fingerprint density at radius 3 is 2.70 bits per heavy atom. The molecule has 30 heavy (non-hydrogen) atoms. The van der Waals surface area contributed by atoms with Crippen molar-refractivity contribution in [2.75, 3.05) is 44.8 Å². The van der Waals surface area contributed by atoms with Crippen molar-refractivity contribution < 1.29 is 14.3 Å². The van der Waals surface area contributed by atoms with E-state index in [0.717, 1.165) is 60.0 Å². The van der Waals surface area contributed by atoms with Crippen molar-refractivity contribution in [3.63, 3.8) is 0 Å². The minimum Gasteiger partial charge on any atom is -0.492 e. The molecule has 0 radical (unpaired) electrons. The molecule has 1 aromatic heterocycles. The van der Waals surface area contributed by atoms with Crippen molar-refractivity contribution in [1.29, 1.82) is 0 Å². The van der Waals surface area contributed by atoms with Crippen LogP contribution in [0.2, 0.25) is 0 Å². The lowest BCUT2D eigenvalue weighted by Gasteiger charge is -2.19. The van der Waals surface area contributed by atoms with Gasteiger partial charge >= 0.3 is 0 Å². The number of aryl methyl sites for hydroxylation is 2. The zero-order valence-electron chi connectivity index (χ0n) is 17.8. The van der Waals surface area contributed by atoms with Gasteiger partial charge in [-0.05, 0) is 64.4 Å². The van der Waals surface area contributed by atoms with E-state index in [0.29, 0.717) is 19.8 Å². The number of carbonyl (C=O) groups is 1. The van der Waals surface area contributed by atoms with E-state index in [2.05, 4.69) is 20.2 Å². The van der Waals surface area contributed by atoms with E-state index in [1.54, 1.807) is 6.33 Å². The Morgan fingerprint density at radius 1 is 1.23 bits per heavy atom. The highest BCUT2D eigenvalue weighted by Crippen LogP contribution is 2.36. The molecule has 7 heteroatoms. The molecule has 7 nitrogen and oxygen atoms in total. The summed E-state index contributed by atoms with van der Waals surface area (Å²) in [5, 5.41) is 3.04. The van der Waals surface area contributed by atoms with Crippen molar-refractivity contribution in [3.05, 3.63) is 35.9 Å². The number of nitrogens with zero attached hydrogens (tertiary/aromatic N) is 3. The molecule has 3 heterocycles. The highest BCUT2D eigenvalue weighted by atomic mass is 16.5.